The highest BCUT2D eigenvalue weighted by Gasteiger charge is 2.29. The molecule has 1 aromatic carbocycles. The van der Waals surface area contributed by atoms with Crippen LogP contribution in [0.1, 0.15) is 63.6 Å². The molecule has 0 saturated heterocycles. The fraction of sp³-hybridized carbons (Fsp3) is 0.526. The third-order valence-electron chi connectivity index (χ3n) is 3.88. The largest absolute Gasteiger partial charge is 0.497 e. The van der Waals surface area contributed by atoms with Gasteiger partial charge >= 0.3 is 0 Å². The number of halogens is 2. The summed E-state index contributed by atoms with van der Waals surface area (Å²) in [4.78, 5) is 12.4. The van der Waals surface area contributed by atoms with Crippen LogP contribution in [0.25, 0.3) is 0 Å². The lowest BCUT2D eigenvalue weighted by Crippen LogP contribution is -2.18. The SMILES string of the molecule is CC.CCOC(c1c(F)cc(OC)cc1F)c1c(C)n(C(C)C)[nH]c1=O. The first-order valence-corrected chi connectivity index (χ1v) is 8.77. The second kappa shape index (κ2) is 9.52. The van der Waals surface area contributed by atoms with Crippen molar-refractivity contribution in [3.8, 4) is 5.75 Å². The number of aromatic nitrogens is 2. The average Bonchev–Trinajstić information content (AvgIpc) is 2.90. The van der Waals surface area contributed by atoms with Crippen molar-refractivity contribution in [2.24, 2.45) is 0 Å². The molecule has 2 aromatic rings. The average molecular weight is 370 g/mol. The summed E-state index contributed by atoms with van der Waals surface area (Å²) in [6, 6.07) is 2.15. The number of hydrogen-bond acceptors (Lipinski definition) is 3. The zero-order chi connectivity index (χ0) is 20.0. The summed E-state index contributed by atoms with van der Waals surface area (Å²) in [5.74, 6) is -1.57. The zero-order valence-corrected chi connectivity index (χ0v) is 16.4. The van der Waals surface area contributed by atoms with E-state index >= 15 is 0 Å². The summed E-state index contributed by atoms with van der Waals surface area (Å²) < 4.78 is 41.0. The van der Waals surface area contributed by atoms with Crippen LogP contribution in [0.2, 0.25) is 0 Å². The molecule has 1 heterocycles. The minimum Gasteiger partial charge on any atom is -0.497 e. The number of nitrogens with zero attached hydrogens (tertiary/aromatic N) is 1. The maximum Gasteiger partial charge on any atom is 0.270 e. The summed E-state index contributed by atoms with van der Waals surface area (Å²) >= 11 is 0. The summed E-state index contributed by atoms with van der Waals surface area (Å²) in [6.45, 7) is 11.4. The molecule has 1 N–H and O–H groups in total. The van der Waals surface area contributed by atoms with Crippen LogP contribution < -0.4 is 10.3 Å². The van der Waals surface area contributed by atoms with Gasteiger partial charge in [-0.15, -0.1) is 0 Å². The number of rotatable bonds is 6. The first kappa shape index (κ1) is 21.9. The number of nitrogens with one attached hydrogen (secondary N) is 1. The van der Waals surface area contributed by atoms with Crippen LogP contribution in [0.15, 0.2) is 16.9 Å². The third kappa shape index (κ3) is 4.33. The summed E-state index contributed by atoms with van der Waals surface area (Å²) in [5, 5.41) is 2.69. The molecule has 26 heavy (non-hydrogen) atoms. The van der Waals surface area contributed by atoms with Crippen molar-refractivity contribution >= 4 is 0 Å². The molecule has 0 aliphatic heterocycles. The molecule has 0 bridgehead atoms. The van der Waals surface area contributed by atoms with E-state index in [9.17, 15) is 13.6 Å². The van der Waals surface area contributed by atoms with Crippen LogP contribution in [-0.2, 0) is 4.74 Å². The lowest BCUT2D eigenvalue weighted by Gasteiger charge is -2.19. The number of methoxy groups -OCH3 is 1. The molecule has 1 atom stereocenters. The Kier molecular flexibility index (Phi) is 8.02. The Morgan fingerprint density at radius 1 is 1.15 bits per heavy atom. The van der Waals surface area contributed by atoms with Crippen molar-refractivity contribution in [2.75, 3.05) is 13.7 Å². The van der Waals surface area contributed by atoms with Gasteiger partial charge in [0.05, 0.1) is 18.2 Å². The number of hydrogen-bond donors (Lipinski definition) is 1. The third-order valence-corrected chi connectivity index (χ3v) is 3.88. The number of benzene rings is 1. The predicted molar refractivity (Wildman–Crippen MR) is 97.9 cm³/mol. The molecular weight excluding hydrogens is 342 g/mol. The molecule has 146 valence electrons. The Bertz CT molecular complexity index is 759. The second-order valence-electron chi connectivity index (χ2n) is 5.74. The van der Waals surface area contributed by atoms with E-state index in [1.807, 2.05) is 27.7 Å². The minimum absolute atomic E-state index is 0.000659. The van der Waals surface area contributed by atoms with Gasteiger partial charge in [0.15, 0.2) is 0 Å². The quantitative estimate of drug-likeness (QED) is 0.814. The van der Waals surface area contributed by atoms with Crippen molar-refractivity contribution < 1.29 is 18.3 Å². The molecule has 2 rings (SSSR count). The first-order chi connectivity index (χ1) is 12.3. The maximum absolute atomic E-state index is 14.5. The van der Waals surface area contributed by atoms with Gasteiger partial charge in [0.2, 0.25) is 0 Å². The first-order valence-electron chi connectivity index (χ1n) is 8.77. The topological polar surface area (TPSA) is 56.2 Å². The minimum atomic E-state index is -1.13. The van der Waals surface area contributed by atoms with Crippen molar-refractivity contribution in [2.45, 2.75) is 53.7 Å². The van der Waals surface area contributed by atoms with Crippen LogP contribution in [0.3, 0.4) is 0 Å². The van der Waals surface area contributed by atoms with Gasteiger partial charge in [0, 0.05) is 30.5 Å². The van der Waals surface area contributed by atoms with E-state index in [-0.39, 0.29) is 29.5 Å². The molecule has 0 fully saturated rings. The number of H-pyrrole nitrogens is 1. The smallest absolute Gasteiger partial charge is 0.270 e. The summed E-state index contributed by atoms with van der Waals surface area (Å²) in [6.07, 6.45) is -1.13. The molecule has 1 aromatic heterocycles. The number of ether oxygens (including phenoxy) is 2. The fourth-order valence-corrected chi connectivity index (χ4v) is 2.78. The predicted octanol–water partition coefficient (Wildman–Crippen LogP) is 4.50. The van der Waals surface area contributed by atoms with E-state index in [4.69, 9.17) is 9.47 Å². The fourth-order valence-electron chi connectivity index (χ4n) is 2.78. The lowest BCUT2D eigenvalue weighted by atomic mass is 10.00. The van der Waals surface area contributed by atoms with E-state index in [0.717, 1.165) is 12.1 Å². The monoisotopic (exact) mass is 370 g/mol. The standard InChI is InChI=1S/C17H22F2N2O3.C2H6/c1-6-24-16(14-10(4)21(9(2)3)20-17(14)22)15-12(18)7-11(23-5)8-13(15)19;1-2/h7-9,16H,6H2,1-5H3,(H,20,22);1-2H3. The van der Waals surface area contributed by atoms with Crippen LogP contribution in [0.4, 0.5) is 8.78 Å². The van der Waals surface area contributed by atoms with Crippen molar-refractivity contribution in [3.05, 3.63) is 50.9 Å². The molecule has 0 amide bonds. The van der Waals surface area contributed by atoms with Crippen LogP contribution in [-0.4, -0.2) is 23.5 Å². The Hall–Kier alpha value is -2.15. The molecule has 5 nitrogen and oxygen atoms in total. The Balaban J connectivity index is 0.00000163. The summed E-state index contributed by atoms with van der Waals surface area (Å²) in [7, 11) is 1.32. The molecule has 0 saturated carbocycles. The normalized spacial score (nSPS) is 11.9. The van der Waals surface area contributed by atoms with Crippen molar-refractivity contribution in [1.29, 1.82) is 0 Å². The molecule has 0 spiro atoms. The van der Waals surface area contributed by atoms with Crippen LogP contribution >= 0.6 is 0 Å². The maximum atomic E-state index is 14.5. The molecule has 0 radical (unpaired) electrons. The van der Waals surface area contributed by atoms with Crippen LogP contribution in [0.5, 0.6) is 5.75 Å². The van der Waals surface area contributed by atoms with Crippen LogP contribution in [0, 0.1) is 18.6 Å². The highest BCUT2D eigenvalue weighted by molar-refractivity contribution is 5.37. The van der Waals surface area contributed by atoms with Crippen molar-refractivity contribution in [1.82, 2.24) is 9.78 Å². The molecule has 0 aliphatic carbocycles. The van der Waals surface area contributed by atoms with E-state index in [0.29, 0.717) is 5.69 Å². The zero-order valence-electron chi connectivity index (χ0n) is 16.4. The molecule has 7 heteroatoms. The van der Waals surface area contributed by atoms with Gasteiger partial charge < -0.3 is 9.47 Å². The molecular formula is C19H28F2N2O3. The lowest BCUT2D eigenvalue weighted by molar-refractivity contribution is 0.0846. The van der Waals surface area contributed by atoms with Gasteiger partial charge in [0.1, 0.15) is 23.5 Å². The van der Waals surface area contributed by atoms with Crippen molar-refractivity contribution in [3.63, 3.8) is 0 Å². The highest BCUT2D eigenvalue weighted by Crippen LogP contribution is 2.33. The van der Waals surface area contributed by atoms with Gasteiger partial charge in [-0.3, -0.25) is 14.6 Å². The van der Waals surface area contributed by atoms with Gasteiger partial charge in [-0.1, -0.05) is 13.8 Å². The highest BCUT2D eigenvalue weighted by atomic mass is 19.1. The van der Waals surface area contributed by atoms with Gasteiger partial charge in [0.25, 0.3) is 5.56 Å². The van der Waals surface area contributed by atoms with E-state index in [2.05, 4.69) is 5.10 Å². The Morgan fingerprint density at radius 3 is 2.08 bits per heavy atom. The van der Waals surface area contributed by atoms with E-state index in [1.54, 1.807) is 18.5 Å². The molecule has 0 aliphatic rings. The molecule has 1 unspecified atom stereocenters. The van der Waals surface area contributed by atoms with Gasteiger partial charge in [-0.2, -0.15) is 0 Å². The Labute approximate surface area is 152 Å². The van der Waals surface area contributed by atoms with E-state index in [1.165, 1.54) is 7.11 Å². The second-order valence-corrected chi connectivity index (χ2v) is 5.74. The van der Waals surface area contributed by atoms with Gasteiger partial charge in [-0.25, -0.2) is 8.78 Å². The summed E-state index contributed by atoms with van der Waals surface area (Å²) in [5.41, 5.74) is 0.0682. The number of aromatic amines is 1. The van der Waals surface area contributed by atoms with E-state index < -0.39 is 23.3 Å². The van der Waals surface area contributed by atoms with Gasteiger partial charge in [-0.05, 0) is 27.7 Å². The Morgan fingerprint density at radius 2 is 1.69 bits per heavy atom.